The fraction of sp³-hybridized carbons (Fsp3) is 0.500. The lowest BCUT2D eigenvalue weighted by atomic mass is 10.2. The second kappa shape index (κ2) is 7.82. The van der Waals surface area contributed by atoms with E-state index in [1.54, 1.807) is 17.0 Å². The van der Waals surface area contributed by atoms with Crippen molar-refractivity contribution in [2.24, 2.45) is 0 Å². The number of anilines is 1. The molecule has 0 unspecified atom stereocenters. The third kappa shape index (κ3) is 4.45. The lowest BCUT2D eigenvalue weighted by Crippen LogP contribution is -2.30. The molecule has 0 radical (unpaired) electrons. The second-order valence-electron chi connectivity index (χ2n) is 3.91. The molecule has 3 nitrogen and oxygen atoms in total. The molecule has 1 aromatic rings. The van der Waals surface area contributed by atoms with E-state index in [1.807, 2.05) is 13.8 Å². The minimum absolute atomic E-state index is 0.0452. The van der Waals surface area contributed by atoms with Gasteiger partial charge in [-0.05, 0) is 44.5 Å². The number of nitrogens with zero attached hydrogens (tertiary/aromatic N) is 1. The highest BCUT2D eigenvalue weighted by Gasteiger charge is 2.13. The number of hydrogen-bond donors (Lipinski definition) is 0. The molecule has 0 N–H and O–H groups in total. The Balaban J connectivity index is 2.54. The zero-order chi connectivity index (χ0) is 13.4. The average Bonchev–Trinajstić information content (AvgIpc) is 2.38. The first-order chi connectivity index (χ1) is 8.69. The quantitative estimate of drug-likeness (QED) is 0.699. The molecule has 100 valence electrons. The third-order valence-corrected chi connectivity index (χ3v) is 2.64. The lowest BCUT2D eigenvalue weighted by Gasteiger charge is -2.21. The molecule has 0 atom stereocenters. The predicted molar refractivity (Wildman–Crippen MR) is 70.2 cm³/mol. The van der Waals surface area contributed by atoms with Gasteiger partial charge < -0.3 is 9.64 Å². The molecule has 1 aromatic carbocycles. The first-order valence-electron chi connectivity index (χ1n) is 6.32. The fourth-order valence-corrected chi connectivity index (χ4v) is 1.73. The molecule has 18 heavy (non-hydrogen) atoms. The van der Waals surface area contributed by atoms with Crippen molar-refractivity contribution in [2.45, 2.75) is 26.7 Å². The summed E-state index contributed by atoms with van der Waals surface area (Å²) in [5.74, 6) is -0.248. The Morgan fingerprint density at radius 2 is 1.94 bits per heavy atom. The maximum atomic E-state index is 12.8. The molecule has 0 saturated heterocycles. The van der Waals surface area contributed by atoms with E-state index in [-0.39, 0.29) is 11.7 Å². The fourth-order valence-electron chi connectivity index (χ4n) is 1.73. The third-order valence-electron chi connectivity index (χ3n) is 2.64. The molecule has 0 aliphatic heterocycles. The maximum Gasteiger partial charge on any atom is 0.227 e. The maximum absolute atomic E-state index is 12.8. The van der Waals surface area contributed by atoms with Crippen molar-refractivity contribution in [3.8, 4) is 0 Å². The van der Waals surface area contributed by atoms with E-state index in [0.717, 1.165) is 5.69 Å². The molecule has 0 fully saturated rings. The summed E-state index contributed by atoms with van der Waals surface area (Å²) in [5.41, 5.74) is 0.736. The van der Waals surface area contributed by atoms with E-state index in [0.29, 0.717) is 32.6 Å². The Bertz CT molecular complexity index is 365. The molecule has 0 saturated carbocycles. The van der Waals surface area contributed by atoms with Crippen LogP contribution < -0.4 is 4.90 Å². The summed E-state index contributed by atoms with van der Waals surface area (Å²) >= 11 is 0. The van der Waals surface area contributed by atoms with Crippen molar-refractivity contribution in [3.05, 3.63) is 30.1 Å². The average molecular weight is 253 g/mol. The first kappa shape index (κ1) is 14.6. The molecule has 1 rings (SSSR count). The summed E-state index contributed by atoms with van der Waals surface area (Å²) in [6, 6.07) is 5.98. The predicted octanol–water partition coefficient (Wildman–Crippen LogP) is 3.00. The van der Waals surface area contributed by atoms with Crippen LogP contribution in [0.15, 0.2) is 24.3 Å². The van der Waals surface area contributed by atoms with Crippen LogP contribution in [0, 0.1) is 5.82 Å². The SMILES string of the molecule is CCOCCCC(=O)N(CC)c1ccc(F)cc1. The van der Waals surface area contributed by atoms with Gasteiger partial charge in [-0.15, -0.1) is 0 Å². The lowest BCUT2D eigenvalue weighted by molar-refractivity contribution is -0.118. The van der Waals surface area contributed by atoms with E-state index in [2.05, 4.69) is 0 Å². The van der Waals surface area contributed by atoms with Crippen LogP contribution in [0.3, 0.4) is 0 Å². The number of ether oxygens (including phenoxy) is 1. The van der Waals surface area contributed by atoms with Gasteiger partial charge in [-0.2, -0.15) is 0 Å². The highest BCUT2D eigenvalue weighted by atomic mass is 19.1. The Morgan fingerprint density at radius 3 is 2.50 bits per heavy atom. The molecular weight excluding hydrogens is 233 g/mol. The summed E-state index contributed by atoms with van der Waals surface area (Å²) in [6.07, 6.45) is 1.16. The summed E-state index contributed by atoms with van der Waals surface area (Å²) in [5, 5.41) is 0. The van der Waals surface area contributed by atoms with Gasteiger partial charge in [0.15, 0.2) is 0 Å². The number of carbonyl (C=O) groups is 1. The van der Waals surface area contributed by atoms with Gasteiger partial charge in [-0.1, -0.05) is 0 Å². The molecule has 1 amide bonds. The van der Waals surface area contributed by atoms with E-state index in [4.69, 9.17) is 4.74 Å². The Kier molecular flexibility index (Phi) is 6.36. The van der Waals surface area contributed by atoms with Crippen molar-refractivity contribution in [2.75, 3.05) is 24.7 Å². The van der Waals surface area contributed by atoms with Gasteiger partial charge in [-0.3, -0.25) is 4.79 Å². The summed E-state index contributed by atoms with van der Waals surface area (Å²) < 4.78 is 18.0. The standard InChI is InChI=1S/C14H20FNO2/c1-3-16(13-9-7-12(15)8-10-13)14(17)6-5-11-18-4-2/h7-10H,3-6,11H2,1-2H3. The molecule has 0 heterocycles. The Labute approximate surface area is 108 Å². The molecule has 4 heteroatoms. The molecule has 0 aliphatic rings. The second-order valence-corrected chi connectivity index (χ2v) is 3.91. The van der Waals surface area contributed by atoms with Crippen molar-refractivity contribution < 1.29 is 13.9 Å². The van der Waals surface area contributed by atoms with Crippen LogP contribution >= 0.6 is 0 Å². The zero-order valence-electron chi connectivity index (χ0n) is 11.0. The van der Waals surface area contributed by atoms with Crippen LogP contribution in [0.25, 0.3) is 0 Å². The van der Waals surface area contributed by atoms with Crippen molar-refractivity contribution in [1.82, 2.24) is 0 Å². The largest absolute Gasteiger partial charge is 0.382 e. The minimum atomic E-state index is -0.293. The topological polar surface area (TPSA) is 29.5 Å². The van der Waals surface area contributed by atoms with Crippen molar-refractivity contribution in [3.63, 3.8) is 0 Å². The van der Waals surface area contributed by atoms with Crippen LogP contribution in [0.4, 0.5) is 10.1 Å². The summed E-state index contributed by atoms with van der Waals surface area (Å²) in [4.78, 5) is 13.7. The van der Waals surface area contributed by atoms with Crippen molar-refractivity contribution in [1.29, 1.82) is 0 Å². The van der Waals surface area contributed by atoms with Crippen molar-refractivity contribution >= 4 is 11.6 Å². The smallest absolute Gasteiger partial charge is 0.227 e. The molecule has 0 spiro atoms. The van der Waals surface area contributed by atoms with E-state index >= 15 is 0 Å². The van der Waals surface area contributed by atoms with Crippen LogP contribution in [-0.2, 0) is 9.53 Å². The van der Waals surface area contributed by atoms with Gasteiger partial charge in [0, 0.05) is 31.9 Å². The van der Waals surface area contributed by atoms with Crippen LogP contribution in [0.2, 0.25) is 0 Å². The van der Waals surface area contributed by atoms with Gasteiger partial charge in [0.2, 0.25) is 5.91 Å². The summed E-state index contributed by atoms with van der Waals surface area (Å²) in [6.45, 7) is 5.69. The monoisotopic (exact) mass is 253 g/mol. The van der Waals surface area contributed by atoms with Gasteiger partial charge >= 0.3 is 0 Å². The van der Waals surface area contributed by atoms with Crippen LogP contribution in [0.5, 0.6) is 0 Å². The molecule has 0 aliphatic carbocycles. The van der Waals surface area contributed by atoms with Gasteiger partial charge in [0.1, 0.15) is 5.82 Å². The van der Waals surface area contributed by atoms with Gasteiger partial charge in [0.05, 0.1) is 0 Å². The zero-order valence-corrected chi connectivity index (χ0v) is 11.0. The van der Waals surface area contributed by atoms with E-state index < -0.39 is 0 Å². The normalized spacial score (nSPS) is 10.4. The highest BCUT2D eigenvalue weighted by Crippen LogP contribution is 2.16. The highest BCUT2D eigenvalue weighted by molar-refractivity contribution is 5.93. The summed E-state index contributed by atoms with van der Waals surface area (Å²) in [7, 11) is 0. The molecular formula is C14H20FNO2. The van der Waals surface area contributed by atoms with E-state index in [9.17, 15) is 9.18 Å². The number of benzene rings is 1. The first-order valence-corrected chi connectivity index (χ1v) is 6.32. The Morgan fingerprint density at radius 1 is 1.28 bits per heavy atom. The van der Waals surface area contributed by atoms with Crippen LogP contribution in [0.1, 0.15) is 26.7 Å². The van der Waals surface area contributed by atoms with Gasteiger partial charge in [-0.25, -0.2) is 4.39 Å². The van der Waals surface area contributed by atoms with Crippen LogP contribution in [-0.4, -0.2) is 25.7 Å². The number of rotatable bonds is 7. The molecule has 0 aromatic heterocycles. The number of carbonyl (C=O) groups excluding carboxylic acids is 1. The molecule has 0 bridgehead atoms. The minimum Gasteiger partial charge on any atom is -0.382 e. The Hall–Kier alpha value is -1.42. The number of hydrogen-bond acceptors (Lipinski definition) is 2. The van der Waals surface area contributed by atoms with Gasteiger partial charge in [0.25, 0.3) is 0 Å². The number of halogens is 1. The van der Waals surface area contributed by atoms with E-state index in [1.165, 1.54) is 12.1 Å². The number of amides is 1.